The molecule has 0 aromatic heterocycles. The molecule has 0 radical (unpaired) electrons. The molecule has 0 bridgehead atoms. The van der Waals surface area contributed by atoms with Gasteiger partial charge in [0, 0.05) is 25.1 Å². The van der Waals surface area contributed by atoms with Crippen LogP contribution < -0.4 is 5.32 Å². The number of alkyl halides is 3. The molecule has 2 rings (SSSR count). The molecule has 0 aliphatic carbocycles. The number of hydrogen-bond acceptors (Lipinski definition) is 2. The third kappa shape index (κ3) is 3.95. The average molecular weight is 305 g/mol. The van der Waals surface area contributed by atoms with Gasteiger partial charge in [-0.05, 0) is 24.1 Å². The van der Waals surface area contributed by atoms with E-state index in [9.17, 15) is 17.6 Å². The molecule has 1 saturated heterocycles. The van der Waals surface area contributed by atoms with Crippen LogP contribution in [0.15, 0.2) is 18.2 Å². The van der Waals surface area contributed by atoms with Crippen molar-refractivity contribution in [2.75, 3.05) is 13.2 Å². The third-order valence-corrected chi connectivity index (χ3v) is 3.63. The molecule has 6 heteroatoms. The zero-order valence-corrected chi connectivity index (χ0v) is 12.0. The van der Waals surface area contributed by atoms with E-state index in [1.807, 2.05) is 13.8 Å². The maximum atomic E-state index is 13.3. The molecule has 118 valence electrons. The standard InChI is InChI=1S/C15H19F4NO/c1-9(2)20-8-11-5-6-21-14(11)10-3-4-13(16)12(7-10)15(17,18)19/h3-4,7,9,11,14,20H,5-6,8H2,1-2H3. The first kappa shape index (κ1) is 16.2. The summed E-state index contributed by atoms with van der Waals surface area (Å²) in [6.45, 7) is 5.18. The van der Waals surface area contributed by atoms with E-state index in [2.05, 4.69) is 5.32 Å². The highest BCUT2D eigenvalue weighted by Gasteiger charge is 2.36. The molecule has 1 aliphatic rings. The lowest BCUT2D eigenvalue weighted by molar-refractivity contribution is -0.140. The molecule has 1 aromatic rings. The van der Waals surface area contributed by atoms with Gasteiger partial charge >= 0.3 is 6.18 Å². The molecule has 21 heavy (non-hydrogen) atoms. The number of halogens is 4. The predicted molar refractivity (Wildman–Crippen MR) is 71.3 cm³/mol. The summed E-state index contributed by atoms with van der Waals surface area (Å²) in [6, 6.07) is 3.41. The zero-order chi connectivity index (χ0) is 15.6. The quantitative estimate of drug-likeness (QED) is 0.851. The van der Waals surface area contributed by atoms with Crippen molar-refractivity contribution in [3.05, 3.63) is 35.1 Å². The minimum absolute atomic E-state index is 0.0962. The van der Waals surface area contributed by atoms with Crippen molar-refractivity contribution in [1.82, 2.24) is 5.32 Å². The fourth-order valence-electron chi connectivity index (χ4n) is 2.54. The smallest absolute Gasteiger partial charge is 0.373 e. The van der Waals surface area contributed by atoms with E-state index in [1.54, 1.807) is 0 Å². The Morgan fingerprint density at radius 2 is 2.05 bits per heavy atom. The van der Waals surface area contributed by atoms with Crippen LogP contribution in [0.5, 0.6) is 0 Å². The molecule has 2 nitrogen and oxygen atoms in total. The molecule has 1 N–H and O–H groups in total. The maximum absolute atomic E-state index is 13.3. The minimum Gasteiger partial charge on any atom is -0.373 e. The SMILES string of the molecule is CC(C)NCC1CCOC1c1ccc(F)c(C(F)(F)F)c1. The molecule has 1 aromatic carbocycles. The van der Waals surface area contributed by atoms with Crippen LogP contribution in [0.2, 0.25) is 0 Å². The van der Waals surface area contributed by atoms with E-state index >= 15 is 0 Å². The summed E-state index contributed by atoms with van der Waals surface area (Å²) in [4.78, 5) is 0. The normalized spacial score (nSPS) is 23.0. The number of nitrogens with one attached hydrogen (secondary N) is 1. The first-order valence-corrected chi connectivity index (χ1v) is 7.00. The summed E-state index contributed by atoms with van der Waals surface area (Å²) in [5.74, 6) is -1.15. The highest BCUT2D eigenvalue weighted by Crippen LogP contribution is 2.38. The van der Waals surface area contributed by atoms with Crippen LogP contribution in [0, 0.1) is 11.7 Å². The van der Waals surface area contributed by atoms with Gasteiger partial charge in [0.15, 0.2) is 0 Å². The molecule has 1 heterocycles. The van der Waals surface area contributed by atoms with Crippen molar-refractivity contribution >= 4 is 0 Å². The minimum atomic E-state index is -4.69. The second-order valence-electron chi connectivity index (χ2n) is 5.64. The van der Waals surface area contributed by atoms with Crippen molar-refractivity contribution in [3.63, 3.8) is 0 Å². The highest BCUT2D eigenvalue weighted by molar-refractivity contribution is 5.29. The van der Waals surface area contributed by atoms with Crippen molar-refractivity contribution in [3.8, 4) is 0 Å². The lowest BCUT2D eigenvalue weighted by atomic mass is 9.93. The Morgan fingerprint density at radius 1 is 1.33 bits per heavy atom. The van der Waals surface area contributed by atoms with E-state index < -0.39 is 23.7 Å². The fourth-order valence-corrected chi connectivity index (χ4v) is 2.54. The van der Waals surface area contributed by atoms with E-state index in [0.717, 1.165) is 18.6 Å². The topological polar surface area (TPSA) is 21.3 Å². The molecule has 1 fully saturated rings. The van der Waals surface area contributed by atoms with Crippen LogP contribution >= 0.6 is 0 Å². The van der Waals surface area contributed by atoms with Gasteiger partial charge in [0.05, 0.1) is 11.7 Å². The summed E-state index contributed by atoms with van der Waals surface area (Å²) >= 11 is 0. The van der Waals surface area contributed by atoms with Crippen LogP contribution in [0.3, 0.4) is 0 Å². The van der Waals surface area contributed by atoms with Gasteiger partial charge in [-0.2, -0.15) is 13.2 Å². The lowest BCUT2D eigenvalue weighted by Crippen LogP contribution is -2.30. The first-order chi connectivity index (χ1) is 9.79. The third-order valence-electron chi connectivity index (χ3n) is 3.63. The van der Waals surface area contributed by atoms with Gasteiger partial charge in [0.1, 0.15) is 5.82 Å². The van der Waals surface area contributed by atoms with Gasteiger partial charge in [-0.1, -0.05) is 19.9 Å². The Morgan fingerprint density at radius 3 is 2.67 bits per heavy atom. The molecule has 1 aliphatic heterocycles. The summed E-state index contributed by atoms with van der Waals surface area (Å²) in [5, 5.41) is 3.27. The second-order valence-corrected chi connectivity index (χ2v) is 5.64. The Labute approximate surface area is 121 Å². The Balaban J connectivity index is 2.20. The van der Waals surface area contributed by atoms with E-state index in [0.29, 0.717) is 24.8 Å². The monoisotopic (exact) mass is 305 g/mol. The zero-order valence-electron chi connectivity index (χ0n) is 12.0. The van der Waals surface area contributed by atoms with E-state index in [4.69, 9.17) is 4.74 Å². The van der Waals surface area contributed by atoms with Crippen LogP contribution in [0.1, 0.15) is 37.5 Å². The van der Waals surface area contributed by atoms with Crippen LogP contribution in [0.4, 0.5) is 17.6 Å². The van der Waals surface area contributed by atoms with Crippen molar-refractivity contribution < 1.29 is 22.3 Å². The van der Waals surface area contributed by atoms with E-state index in [1.165, 1.54) is 6.07 Å². The Kier molecular flexibility index (Phi) is 4.88. The van der Waals surface area contributed by atoms with Crippen molar-refractivity contribution in [2.24, 2.45) is 5.92 Å². The maximum Gasteiger partial charge on any atom is 0.419 e. The van der Waals surface area contributed by atoms with Crippen LogP contribution in [-0.2, 0) is 10.9 Å². The first-order valence-electron chi connectivity index (χ1n) is 7.00. The Hall–Kier alpha value is -1.14. The van der Waals surface area contributed by atoms with E-state index in [-0.39, 0.29) is 5.92 Å². The summed E-state index contributed by atoms with van der Waals surface area (Å²) < 4.78 is 57.2. The molecule has 0 saturated carbocycles. The molecule has 0 spiro atoms. The number of benzene rings is 1. The van der Waals surface area contributed by atoms with Gasteiger partial charge < -0.3 is 10.1 Å². The van der Waals surface area contributed by atoms with Gasteiger partial charge in [-0.15, -0.1) is 0 Å². The highest BCUT2D eigenvalue weighted by atomic mass is 19.4. The molecule has 0 amide bonds. The van der Waals surface area contributed by atoms with Gasteiger partial charge in [0.25, 0.3) is 0 Å². The average Bonchev–Trinajstić information content (AvgIpc) is 2.84. The second kappa shape index (κ2) is 6.32. The van der Waals surface area contributed by atoms with Gasteiger partial charge in [-0.3, -0.25) is 0 Å². The molecular weight excluding hydrogens is 286 g/mol. The van der Waals surface area contributed by atoms with Gasteiger partial charge in [-0.25, -0.2) is 4.39 Å². The number of hydrogen-bond donors (Lipinski definition) is 1. The molecule has 2 unspecified atom stereocenters. The largest absolute Gasteiger partial charge is 0.419 e. The predicted octanol–water partition coefficient (Wildman–Crippen LogP) is 3.92. The number of ether oxygens (including phenoxy) is 1. The van der Waals surface area contributed by atoms with Crippen LogP contribution in [-0.4, -0.2) is 19.2 Å². The Bertz CT molecular complexity index is 487. The van der Waals surface area contributed by atoms with Crippen molar-refractivity contribution in [1.29, 1.82) is 0 Å². The van der Waals surface area contributed by atoms with Crippen molar-refractivity contribution in [2.45, 2.75) is 38.6 Å². The van der Waals surface area contributed by atoms with Crippen LogP contribution in [0.25, 0.3) is 0 Å². The lowest BCUT2D eigenvalue weighted by Gasteiger charge is -2.21. The number of rotatable bonds is 4. The summed E-state index contributed by atoms with van der Waals surface area (Å²) in [7, 11) is 0. The summed E-state index contributed by atoms with van der Waals surface area (Å²) in [6.07, 6.45) is -4.33. The molecular formula is C15H19F4NO. The summed E-state index contributed by atoms with van der Waals surface area (Å²) in [5.41, 5.74) is -0.845. The fraction of sp³-hybridized carbons (Fsp3) is 0.600. The van der Waals surface area contributed by atoms with Gasteiger partial charge in [0.2, 0.25) is 0 Å². The molecule has 2 atom stereocenters.